The van der Waals surface area contributed by atoms with Crippen molar-refractivity contribution in [1.82, 2.24) is 25.0 Å². The third kappa shape index (κ3) is 4.13. The van der Waals surface area contributed by atoms with Crippen molar-refractivity contribution in [1.29, 1.82) is 0 Å². The van der Waals surface area contributed by atoms with Gasteiger partial charge >= 0.3 is 0 Å². The SMILES string of the molecule is Cl.Cn1cnnc1Sc1ccc(C(=O)N2CCC3CCC(C2)N3)cc1[N+](=O)[O-]. The number of aryl methyl sites for hydroxylation is 1. The van der Waals surface area contributed by atoms with Gasteiger partial charge in [-0.2, -0.15) is 0 Å². The Morgan fingerprint density at radius 3 is 2.82 bits per heavy atom. The lowest BCUT2D eigenvalue weighted by atomic mass is 10.1. The van der Waals surface area contributed by atoms with E-state index in [1.54, 1.807) is 23.7 Å². The Labute approximate surface area is 172 Å². The van der Waals surface area contributed by atoms with E-state index in [4.69, 9.17) is 0 Å². The van der Waals surface area contributed by atoms with E-state index in [0.29, 0.717) is 40.8 Å². The number of carbonyl (C=O) groups excluding carboxylic acids is 1. The molecule has 2 bridgehead atoms. The zero-order valence-corrected chi connectivity index (χ0v) is 16.9. The lowest BCUT2D eigenvalue weighted by Gasteiger charge is -2.24. The number of halogens is 1. The molecule has 0 radical (unpaired) electrons. The predicted molar refractivity (Wildman–Crippen MR) is 106 cm³/mol. The molecule has 2 unspecified atom stereocenters. The topological polar surface area (TPSA) is 106 Å². The quantitative estimate of drug-likeness (QED) is 0.592. The molecule has 2 aromatic rings. The van der Waals surface area contributed by atoms with Crippen LogP contribution in [-0.2, 0) is 7.05 Å². The van der Waals surface area contributed by atoms with E-state index in [9.17, 15) is 14.9 Å². The first-order valence-corrected chi connectivity index (χ1v) is 9.68. The Hall–Kier alpha value is -2.17. The number of carbonyl (C=O) groups is 1. The summed E-state index contributed by atoms with van der Waals surface area (Å²) in [7, 11) is 1.77. The Kier molecular flexibility index (Phi) is 6.21. The van der Waals surface area contributed by atoms with Crippen LogP contribution in [0.1, 0.15) is 29.6 Å². The van der Waals surface area contributed by atoms with Crippen LogP contribution in [0.15, 0.2) is 34.6 Å². The predicted octanol–water partition coefficient (Wildman–Crippen LogP) is 2.26. The van der Waals surface area contributed by atoms with Crippen molar-refractivity contribution >= 4 is 35.8 Å². The van der Waals surface area contributed by atoms with Crippen LogP contribution in [-0.4, -0.2) is 55.7 Å². The highest BCUT2D eigenvalue weighted by Crippen LogP contribution is 2.34. The third-order valence-electron chi connectivity index (χ3n) is 5.08. The standard InChI is InChI=1S/C17H20N6O3S.ClH/c1-21-10-18-20-17(21)27-15-5-2-11(8-14(15)23(25)26)16(24)22-7-6-12-3-4-13(9-22)19-12;/h2,5,8,10,12-13,19H,3-4,6-7,9H2,1H3;1H. The van der Waals surface area contributed by atoms with Crippen LogP contribution >= 0.6 is 24.2 Å². The molecular formula is C17H21ClN6O3S. The van der Waals surface area contributed by atoms with Crippen LogP contribution in [0.5, 0.6) is 0 Å². The maximum Gasteiger partial charge on any atom is 0.284 e. The second-order valence-corrected chi connectivity index (χ2v) is 7.95. The van der Waals surface area contributed by atoms with Gasteiger partial charge in [0.15, 0.2) is 5.16 Å². The summed E-state index contributed by atoms with van der Waals surface area (Å²) in [6.07, 6.45) is 4.69. The minimum absolute atomic E-state index is 0. The Bertz CT molecular complexity index is 892. The van der Waals surface area contributed by atoms with E-state index in [0.717, 1.165) is 31.0 Å². The van der Waals surface area contributed by atoms with E-state index in [-0.39, 0.29) is 24.0 Å². The van der Waals surface area contributed by atoms with Crippen LogP contribution in [0.25, 0.3) is 0 Å². The highest BCUT2D eigenvalue weighted by atomic mass is 35.5. The van der Waals surface area contributed by atoms with E-state index < -0.39 is 4.92 Å². The minimum atomic E-state index is -0.457. The maximum atomic E-state index is 12.9. The monoisotopic (exact) mass is 424 g/mol. The molecule has 2 fully saturated rings. The normalized spacial score (nSPS) is 21.1. The van der Waals surface area contributed by atoms with Gasteiger partial charge in [-0.15, -0.1) is 22.6 Å². The molecule has 2 aliphatic rings. The lowest BCUT2D eigenvalue weighted by Crippen LogP contribution is -2.39. The first-order valence-electron chi connectivity index (χ1n) is 8.87. The molecule has 28 heavy (non-hydrogen) atoms. The molecular weight excluding hydrogens is 404 g/mol. The number of nitro benzene ring substituents is 1. The van der Waals surface area contributed by atoms with Gasteiger partial charge in [0.25, 0.3) is 11.6 Å². The molecule has 2 aliphatic heterocycles. The zero-order chi connectivity index (χ0) is 19.0. The summed E-state index contributed by atoms with van der Waals surface area (Å²) in [5.74, 6) is -0.150. The van der Waals surface area contributed by atoms with Gasteiger partial charge in [0, 0.05) is 43.9 Å². The van der Waals surface area contributed by atoms with Gasteiger partial charge in [-0.1, -0.05) is 0 Å². The highest BCUT2D eigenvalue weighted by Gasteiger charge is 2.32. The molecule has 2 saturated heterocycles. The number of hydrogen-bond donors (Lipinski definition) is 1. The number of rotatable bonds is 4. The van der Waals surface area contributed by atoms with E-state index in [1.165, 1.54) is 12.4 Å². The molecule has 1 amide bonds. The number of nitro groups is 1. The van der Waals surface area contributed by atoms with Crippen molar-refractivity contribution < 1.29 is 9.72 Å². The van der Waals surface area contributed by atoms with Crippen LogP contribution < -0.4 is 5.32 Å². The van der Waals surface area contributed by atoms with Crippen molar-refractivity contribution in [2.45, 2.75) is 41.4 Å². The second-order valence-electron chi connectivity index (χ2n) is 6.94. The first kappa shape index (κ1) is 20.6. The average Bonchev–Trinajstić information content (AvgIpc) is 3.19. The van der Waals surface area contributed by atoms with Crippen LogP contribution in [0.2, 0.25) is 0 Å². The summed E-state index contributed by atoms with van der Waals surface area (Å²) in [5, 5.41) is 23.4. The number of likely N-dealkylation sites (tertiary alicyclic amines) is 1. The summed E-state index contributed by atoms with van der Waals surface area (Å²) >= 11 is 1.16. The number of nitrogens with one attached hydrogen (secondary N) is 1. The Morgan fingerprint density at radius 1 is 1.32 bits per heavy atom. The molecule has 9 nitrogen and oxygen atoms in total. The number of benzene rings is 1. The summed E-state index contributed by atoms with van der Waals surface area (Å²) in [4.78, 5) is 26.3. The van der Waals surface area contributed by atoms with Gasteiger partial charge in [0.1, 0.15) is 6.33 Å². The zero-order valence-electron chi connectivity index (χ0n) is 15.3. The lowest BCUT2D eigenvalue weighted by molar-refractivity contribution is -0.387. The van der Waals surface area contributed by atoms with Crippen molar-refractivity contribution in [3.05, 3.63) is 40.2 Å². The second kappa shape index (κ2) is 8.46. The fourth-order valence-corrected chi connectivity index (χ4v) is 4.50. The third-order valence-corrected chi connectivity index (χ3v) is 6.20. The molecule has 4 rings (SSSR count). The average molecular weight is 425 g/mol. The van der Waals surface area contributed by atoms with Gasteiger partial charge in [-0.3, -0.25) is 14.9 Å². The fraction of sp³-hybridized carbons (Fsp3) is 0.471. The van der Waals surface area contributed by atoms with Gasteiger partial charge in [0.2, 0.25) is 0 Å². The molecule has 3 heterocycles. The molecule has 2 atom stereocenters. The summed E-state index contributed by atoms with van der Waals surface area (Å²) < 4.78 is 1.69. The maximum absolute atomic E-state index is 12.9. The summed E-state index contributed by atoms with van der Waals surface area (Å²) in [6, 6.07) is 5.45. The largest absolute Gasteiger partial charge is 0.337 e. The van der Waals surface area contributed by atoms with E-state index in [2.05, 4.69) is 15.5 Å². The number of fused-ring (bicyclic) bond motifs is 2. The number of nitrogens with zero attached hydrogens (tertiary/aromatic N) is 5. The van der Waals surface area contributed by atoms with Crippen LogP contribution in [0, 0.1) is 10.1 Å². The molecule has 1 N–H and O–H groups in total. The number of aromatic nitrogens is 3. The smallest absolute Gasteiger partial charge is 0.284 e. The molecule has 150 valence electrons. The number of hydrogen-bond acceptors (Lipinski definition) is 7. The van der Waals surface area contributed by atoms with E-state index in [1.807, 2.05) is 4.90 Å². The van der Waals surface area contributed by atoms with Gasteiger partial charge < -0.3 is 14.8 Å². The van der Waals surface area contributed by atoms with Crippen molar-refractivity contribution in [2.24, 2.45) is 7.05 Å². The van der Waals surface area contributed by atoms with E-state index >= 15 is 0 Å². The summed E-state index contributed by atoms with van der Waals surface area (Å²) in [6.45, 7) is 1.33. The molecule has 1 aromatic heterocycles. The first-order chi connectivity index (χ1) is 13.0. The van der Waals surface area contributed by atoms with Crippen molar-refractivity contribution in [3.63, 3.8) is 0 Å². The number of amides is 1. The van der Waals surface area contributed by atoms with Gasteiger partial charge in [-0.05, 0) is 43.2 Å². The van der Waals surface area contributed by atoms with Crippen molar-refractivity contribution in [2.75, 3.05) is 13.1 Å². The minimum Gasteiger partial charge on any atom is -0.337 e. The molecule has 0 saturated carbocycles. The summed E-state index contributed by atoms with van der Waals surface area (Å²) in [5.41, 5.74) is 0.255. The Morgan fingerprint density at radius 2 is 2.11 bits per heavy atom. The highest BCUT2D eigenvalue weighted by molar-refractivity contribution is 7.99. The fourth-order valence-electron chi connectivity index (χ4n) is 3.65. The van der Waals surface area contributed by atoms with Crippen LogP contribution in [0.4, 0.5) is 5.69 Å². The van der Waals surface area contributed by atoms with Gasteiger partial charge in [-0.25, -0.2) is 0 Å². The Balaban J connectivity index is 0.00000225. The van der Waals surface area contributed by atoms with Gasteiger partial charge in [0.05, 0.1) is 9.82 Å². The molecule has 0 spiro atoms. The molecule has 1 aromatic carbocycles. The molecule has 11 heteroatoms. The molecule has 0 aliphatic carbocycles. The van der Waals surface area contributed by atoms with Crippen LogP contribution in [0.3, 0.4) is 0 Å². The van der Waals surface area contributed by atoms with Crippen molar-refractivity contribution in [3.8, 4) is 0 Å².